The van der Waals surface area contributed by atoms with Crippen LogP contribution >= 0.6 is 0 Å². The summed E-state index contributed by atoms with van der Waals surface area (Å²) < 4.78 is 0. The first-order valence-corrected chi connectivity index (χ1v) is 5.06. The molecule has 0 aliphatic carbocycles. The normalized spacial score (nSPS) is 15.3. The van der Waals surface area contributed by atoms with E-state index in [1.807, 2.05) is 0 Å². The fraction of sp³-hybridized carbons (Fsp3) is 0.900. The van der Waals surface area contributed by atoms with Gasteiger partial charge in [-0.05, 0) is 12.3 Å². The quantitative estimate of drug-likeness (QED) is 0.599. The zero-order chi connectivity index (χ0) is 10.3. The molecule has 3 N–H and O–H groups in total. The van der Waals surface area contributed by atoms with E-state index in [-0.39, 0.29) is 0 Å². The molecular weight excluding hydrogens is 166 g/mol. The lowest BCUT2D eigenvalue weighted by molar-refractivity contribution is -0.138. The van der Waals surface area contributed by atoms with Gasteiger partial charge < -0.3 is 10.8 Å². The fourth-order valence-corrected chi connectivity index (χ4v) is 1.39. The van der Waals surface area contributed by atoms with E-state index in [0.29, 0.717) is 12.3 Å². The number of hydrogen-bond donors (Lipinski definition) is 2. The van der Waals surface area contributed by atoms with Gasteiger partial charge in [0.15, 0.2) is 0 Å². The van der Waals surface area contributed by atoms with Gasteiger partial charge in [0.2, 0.25) is 0 Å². The van der Waals surface area contributed by atoms with Crippen molar-refractivity contribution in [1.82, 2.24) is 0 Å². The van der Waals surface area contributed by atoms with Crippen LogP contribution in [0.15, 0.2) is 0 Å². The van der Waals surface area contributed by atoms with Gasteiger partial charge in [-0.1, -0.05) is 39.5 Å². The molecule has 78 valence electrons. The lowest BCUT2D eigenvalue weighted by Crippen LogP contribution is -2.31. The predicted octanol–water partition coefficient (Wildman–Crippen LogP) is 2.00. The fourth-order valence-electron chi connectivity index (χ4n) is 1.39. The van der Waals surface area contributed by atoms with Crippen LogP contribution < -0.4 is 5.73 Å². The summed E-state index contributed by atoms with van der Waals surface area (Å²) in [6, 6.07) is -0.684. The van der Waals surface area contributed by atoms with Gasteiger partial charge in [0.25, 0.3) is 0 Å². The van der Waals surface area contributed by atoms with E-state index in [2.05, 4.69) is 13.8 Å². The summed E-state index contributed by atoms with van der Waals surface area (Å²) in [4.78, 5) is 10.4. The van der Waals surface area contributed by atoms with Crippen molar-refractivity contribution in [3.63, 3.8) is 0 Å². The number of rotatable bonds is 7. The average molecular weight is 187 g/mol. The van der Waals surface area contributed by atoms with E-state index < -0.39 is 12.0 Å². The molecule has 0 aromatic heterocycles. The van der Waals surface area contributed by atoms with Gasteiger partial charge in [-0.3, -0.25) is 4.79 Å². The third-order valence-corrected chi connectivity index (χ3v) is 2.27. The number of carbonyl (C=O) groups is 1. The van der Waals surface area contributed by atoms with Crippen LogP contribution in [0.1, 0.15) is 46.0 Å². The van der Waals surface area contributed by atoms with Crippen molar-refractivity contribution in [1.29, 1.82) is 0 Å². The molecule has 0 aliphatic heterocycles. The van der Waals surface area contributed by atoms with Gasteiger partial charge in [0.05, 0.1) is 0 Å². The molecule has 3 heteroatoms. The third kappa shape index (κ3) is 6.58. The molecule has 0 amide bonds. The predicted molar refractivity (Wildman–Crippen MR) is 53.5 cm³/mol. The van der Waals surface area contributed by atoms with Gasteiger partial charge >= 0.3 is 5.97 Å². The Bertz CT molecular complexity index is 148. The van der Waals surface area contributed by atoms with E-state index in [9.17, 15) is 4.79 Å². The molecule has 0 saturated heterocycles. The van der Waals surface area contributed by atoms with Crippen LogP contribution in [0.5, 0.6) is 0 Å². The maximum Gasteiger partial charge on any atom is 0.320 e. The summed E-state index contributed by atoms with van der Waals surface area (Å²) in [6.07, 6.45) is 5.31. The van der Waals surface area contributed by atoms with Crippen LogP contribution in [0.3, 0.4) is 0 Å². The van der Waals surface area contributed by atoms with Crippen molar-refractivity contribution < 1.29 is 9.90 Å². The molecular formula is C10H21NO2. The van der Waals surface area contributed by atoms with Crippen LogP contribution in [-0.2, 0) is 4.79 Å². The molecule has 0 spiro atoms. The number of nitrogens with two attached hydrogens (primary N) is 1. The number of carboxylic acid groups (broad SMARTS) is 1. The van der Waals surface area contributed by atoms with Crippen LogP contribution in [0.4, 0.5) is 0 Å². The summed E-state index contributed by atoms with van der Waals surface area (Å²) in [5.41, 5.74) is 5.42. The zero-order valence-corrected chi connectivity index (χ0v) is 8.62. The molecule has 0 radical (unpaired) electrons. The second-order valence-corrected chi connectivity index (χ2v) is 3.78. The first-order chi connectivity index (χ1) is 6.07. The molecule has 0 aliphatic rings. The molecule has 0 aromatic carbocycles. The largest absolute Gasteiger partial charge is 0.480 e. The highest BCUT2D eigenvalue weighted by Gasteiger charge is 2.14. The molecule has 2 unspecified atom stereocenters. The maximum atomic E-state index is 10.4. The lowest BCUT2D eigenvalue weighted by atomic mass is 9.96. The zero-order valence-electron chi connectivity index (χ0n) is 8.62. The van der Waals surface area contributed by atoms with Crippen molar-refractivity contribution in [3.8, 4) is 0 Å². The Morgan fingerprint density at radius 3 is 2.54 bits per heavy atom. The van der Waals surface area contributed by atoms with E-state index in [1.165, 1.54) is 19.3 Å². The minimum atomic E-state index is -0.887. The number of carboxylic acids is 1. The van der Waals surface area contributed by atoms with Gasteiger partial charge in [0.1, 0.15) is 6.04 Å². The van der Waals surface area contributed by atoms with Gasteiger partial charge in [-0.25, -0.2) is 0 Å². The topological polar surface area (TPSA) is 63.3 Å². The highest BCUT2D eigenvalue weighted by molar-refractivity contribution is 5.72. The summed E-state index contributed by atoms with van der Waals surface area (Å²) in [6.45, 7) is 4.23. The third-order valence-electron chi connectivity index (χ3n) is 2.27. The maximum absolute atomic E-state index is 10.4. The molecule has 0 fully saturated rings. The second kappa shape index (κ2) is 6.89. The minimum absolute atomic E-state index is 0.428. The highest BCUT2D eigenvalue weighted by atomic mass is 16.4. The molecule has 0 rings (SSSR count). The Morgan fingerprint density at radius 1 is 1.46 bits per heavy atom. The van der Waals surface area contributed by atoms with E-state index >= 15 is 0 Å². The standard InChI is InChI=1S/C10H21NO2/c1-3-4-5-6-8(2)7-9(11)10(12)13/h8-9H,3-7,11H2,1-2H3,(H,12,13). The summed E-state index contributed by atoms with van der Waals surface area (Å²) in [5, 5.41) is 8.58. The summed E-state index contributed by atoms with van der Waals surface area (Å²) >= 11 is 0. The second-order valence-electron chi connectivity index (χ2n) is 3.78. The Morgan fingerprint density at radius 2 is 2.08 bits per heavy atom. The van der Waals surface area contributed by atoms with Crippen LogP contribution in [0.2, 0.25) is 0 Å². The smallest absolute Gasteiger partial charge is 0.320 e. The van der Waals surface area contributed by atoms with Crippen molar-refractivity contribution >= 4 is 5.97 Å². The molecule has 3 nitrogen and oxygen atoms in total. The molecule has 0 aromatic rings. The van der Waals surface area contributed by atoms with Crippen LogP contribution in [-0.4, -0.2) is 17.1 Å². The van der Waals surface area contributed by atoms with E-state index in [0.717, 1.165) is 6.42 Å². The monoisotopic (exact) mass is 187 g/mol. The minimum Gasteiger partial charge on any atom is -0.480 e. The van der Waals surface area contributed by atoms with E-state index in [4.69, 9.17) is 10.8 Å². The van der Waals surface area contributed by atoms with Gasteiger partial charge in [0, 0.05) is 0 Å². The Kier molecular flexibility index (Phi) is 6.59. The molecule has 0 bridgehead atoms. The lowest BCUT2D eigenvalue weighted by Gasteiger charge is -2.13. The number of unbranched alkanes of at least 4 members (excludes halogenated alkanes) is 2. The van der Waals surface area contributed by atoms with Crippen molar-refractivity contribution in [2.24, 2.45) is 11.7 Å². The Labute approximate surface area is 80.3 Å². The molecule has 0 heterocycles. The number of aliphatic carboxylic acids is 1. The summed E-state index contributed by atoms with van der Waals surface area (Å²) in [5.74, 6) is -0.458. The Balaban J connectivity index is 3.49. The van der Waals surface area contributed by atoms with Crippen LogP contribution in [0.25, 0.3) is 0 Å². The Hall–Kier alpha value is -0.570. The first kappa shape index (κ1) is 12.4. The van der Waals surface area contributed by atoms with Crippen molar-refractivity contribution in [3.05, 3.63) is 0 Å². The van der Waals surface area contributed by atoms with Gasteiger partial charge in [-0.2, -0.15) is 0 Å². The average Bonchev–Trinajstić information content (AvgIpc) is 2.04. The molecule has 13 heavy (non-hydrogen) atoms. The number of hydrogen-bond acceptors (Lipinski definition) is 2. The van der Waals surface area contributed by atoms with E-state index in [1.54, 1.807) is 0 Å². The molecule has 2 atom stereocenters. The molecule has 0 saturated carbocycles. The highest BCUT2D eigenvalue weighted by Crippen LogP contribution is 2.14. The van der Waals surface area contributed by atoms with Crippen molar-refractivity contribution in [2.45, 2.75) is 52.0 Å². The van der Waals surface area contributed by atoms with Crippen molar-refractivity contribution in [2.75, 3.05) is 0 Å². The first-order valence-electron chi connectivity index (χ1n) is 5.06. The van der Waals surface area contributed by atoms with Gasteiger partial charge in [-0.15, -0.1) is 0 Å². The SMILES string of the molecule is CCCCCC(C)CC(N)C(=O)O. The summed E-state index contributed by atoms with van der Waals surface area (Å²) in [7, 11) is 0. The van der Waals surface area contributed by atoms with Crippen LogP contribution in [0, 0.1) is 5.92 Å².